The van der Waals surface area contributed by atoms with Crippen LogP contribution in [0.25, 0.3) is 0 Å². The molecule has 1 aliphatic carbocycles. The Hall–Kier alpha value is -1.39. The van der Waals surface area contributed by atoms with Gasteiger partial charge >= 0.3 is 0 Å². The van der Waals surface area contributed by atoms with Crippen LogP contribution in [0.3, 0.4) is 0 Å². The molecule has 162 valence electrons. The van der Waals surface area contributed by atoms with Gasteiger partial charge in [-0.1, -0.05) is 49.1 Å². The van der Waals surface area contributed by atoms with E-state index in [2.05, 4.69) is 47.9 Å². The second-order valence-electron chi connectivity index (χ2n) is 9.41. The summed E-state index contributed by atoms with van der Waals surface area (Å²) in [6.07, 6.45) is 10.4. The van der Waals surface area contributed by atoms with Crippen LogP contribution in [-0.4, -0.2) is 47.4 Å². The molecule has 1 amide bonds. The monoisotopic (exact) mass is 399 g/mol. The predicted octanol–water partition coefficient (Wildman–Crippen LogP) is 4.50. The standard InChI is InChI=1S/C25H41N3O/c1-20-7-6-10-23(17-20)19-28(25(29)18-22-8-4-3-5-9-22)24-12-15-27(16-13-24)21(2)11-14-26/h6-7,10,17,21-22,24H,3-5,8-9,11-16,18-19,26H2,1-2H3. The SMILES string of the molecule is Cc1cccc(CN(C(=O)CC2CCCCC2)C2CCN(C(C)CCN)CC2)c1. The van der Waals surface area contributed by atoms with Gasteiger partial charge in [-0.15, -0.1) is 0 Å². The van der Waals surface area contributed by atoms with Gasteiger partial charge in [0.25, 0.3) is 0 Å². The highest BCUT2D eigenvalue weighted by Gasteiger charge is 2.30. The van der Waals surface area contributed by atoms with Crippen molar-refractivity contribution in [2.24, 2.45) is 11.7 Å². The van der Waals surface area contributed by atoms with Crippen LogP contribution in [0.4, 0.5) is 0 Å². The van der Waals surface area contributed by atoms with Crippen molar-refractivity contribution in [3.8, 4) is 0 Å². The van der Waals surface area contributed by atoms with E-state index in [1.165, 1.54) is 43.2 Å². The highest BCUT2D eigenvalue weighted by Crippen LogP contribution is 2.29. The Balaban J connectivity index is 1.66. The summed E-state index contributed by atoms with van der Waals surface area (Å²) < 4.78 is 0. The molecule has 2 N–H and O–H groups in total. The number of rotatable bonds is 8. The molecule has 1 atom stereocenters. The van der Waals surface area contributed by atoms with E-state index in [0.717, 1.165) is 51.9 Å². The molecule has 1 unspecified atom stereocenters. The van der Waals surface area contributed by atoms with Crippen LogP contribution in [0, 0.1) is 12.8 Å². The van der Waals surface area contributed by atoms with E-state index < -0.39 is 0 Å². The van der Waals surface area contributed by atoms with Crippen molar-refractivity contribution in [2.75, 3.05) is 19.6 Å². The number of nitrogens with zero attached hydrogens (tertiary/aromatic N) is 2. The van der Waals surface area contributed by atoms with Gasteiger partial charge in [0, 0.05) is 38.1 Å². The van der Waals surface area contributed by atoms with Crippen LogP contribution in [0.1, 0.15) is 75.8 Å². The molecule has 3 rings (SSSR count). The first-order valence-electron chi connectivity index (χ1n) is 11.9. The topological polar surface area (TPSA) is 49.6 Å². The molecule has 0 spiro atoms. The normalized spacial score (nSPS) is 20.5. The minimum absolute atomic E-state index is 0.368. The summed E-state index contributed by atoms with van der Waals surface area (Å²) in [5, 5.41) is 0. The second-order valence-corrected chi connectivity index (χ2v) is 9.41. The lowest BCUT2D eigenvalue weighted by Gasteiger charge is -2.41. The first-order valence-corrected chi connectivity index (χ1v) is 11.9. The fourth-order valence-corrected chi connectivity index (χ4v) is 5.25. The molecule has 1 aromatic carbocycles. The zero-order valence-electron chi connectivity index (χ0n) is 18.6. The number of aryl methyl sites for hydroxylation is 1. The van der Waals surface area contributed by atoms with Crippen LogP contribution in [0.5, 0.6) is 0 Å². The summed E-state index contributed by atoms with van der Waals surface area (Å²) in [7, 11) is 0. The van der Waals surface area contributed by atoms with Gasteiger partial charge in [-0.05, 0) is 64.0 Å². The van der Waals surface area contributed by atoms with Crippen LogP contribution >= 0.6 is 0 Å². The summed E-state index contributed by atoms with van der Waals surface area (Å²) in [4.78, 5) is 18.2. The maximum absolute atomic E-state index is 13.4. The van der Waals surface area contributed by atoms with Crippen LogP contribution in [0.15, 0.2) is 24.3 Å². The predicted molar refractivity (Wildman–Crippen MR) is 121 cm³/mol. The minimum atomic E-state index is 0.368. The third kappa shape index (κ3) is 6.55. The smallest absolute Gasteiger partial charge is 0.223 e. The van der Waals surface area contributed by atoms with Crippen molar-refractivity contribution in [3.05, 3.63) is 35.4 Å². The Morgan fingerprint density at radius 2 is 1.90 bits per heavy atom. The first kappa shape index (κ1) is 22.3. The van der Waals surface area contributed by atoms with Crippen molar-refractivity contribution >= 4 is 5.91 Å². The lowest BCUT2D eigenvalue weighted by molar-refractivity contribution is -0.136. The van der Waals surface area contributed by atoms with E-state index in [0.29, 0.717) is 23.9 Å². The Morgan fingerprint density at radius 3 is 2.55 bits per heavy atom. The van der Waals surface area contributed by atoms with Crippen molar-refractivity contribution in [1.82, 2.24) is 9.80 Å². The highest BCUT2D eigenvalue weighted by atomic mass is 16.2. The first-order chi connectivity index (χ1) is 14.1. The number of piperidine rings is 1. The average molecular weight is 400 g/mol. The van der Waals surface area contributed by atoms with Gasteiger partial charge in [-0.2, -0.15) is 0 Å². The van der Waals surface area contributed by atoms with Gasteiger partial charge in [-0.25, -0.2) is 0 Å². The summed E-state index contributed by atoms with van der Waals surface area (Å²) >= 11 is 0. The Kier molecular flexibility index (Phi) is 8.55. The number of carbonyl (C=O) groups excluding carboxylic acids is 1. The van der Waals surface area contributed by atoms with E-state index in [1.54, 1.807) is 0 Å². The summed E-state index contributed by atoms with van der Waals surface area (Å²) in [5.41, 5.74) is 8.29. The lowest BCUT2D eigenvalue weighted by atomic mass is 9.86. The Morgan fingerprint density at radius 1 is 1.17 bits per heavy atom. The number of hydrogen-bond donors (Lipinski definition) is 1. The molecule has 29 heavy (non-hydrogen) atoms. The molecule has 2 fully saturated rings. The summed E-state index contributed by atoms with van der Waals surface area (Å²) in [6.45, 7) is 8.08. The maximum Gasteiger partial charge on any atom is 0.223 e. The van der Waals surface area contributed by atoms with Crippen molar-refractivity contribution in [3.63, 3.8) is 0 Å². The molecule has 4 heteroatoms. The molecule has 4 nitrogen and oxygen atoms in total. The highest BCUT2D eigenvalue weighted by molar-refractivity contribution is 5.77. The molecule has 0 aromatic heterocycles. The third-order valence-electron chi connectivity index (χ3n) is 7.09. The van der Waals surface area contributed by atoms with Gasteiger partial charge in [0.15, 0.2) is 0 Å². The zero-order valence-corrected chi connectivity index (χ0v) is 18.6. The van der Waals surface area contributed by atoms with Crippen molar-refractivity contribution < 1.29 is 4.79 Å². The van der Waals surface area contributed by atoms with Gasteiger partial charge in [0.05, 0.1) is 0 Å². The van der Waals surface area contributed by atoms with Crippen molar-refractivity contribution in [1.29, 1.82) is 0 Å². The number of nitrogens with two attached hydrogens (primary N) is 1. The average Bonchev–Trinajstić information content (AvgIpc) is 2.73. The summed E-state index contributed by atoms with van der Waals surface area (Å²) in [6, 6.07) is 9.57. The van der Waals surface area contributed by atoms with E-state index in [4.69, 9.17) is 5.73 Å². The second kappa shape index (κ2) is 11.1. The molecule has 1 aromatic rings. The Bertz CT molecular complexity index is 633. The van der Waals surface area contributed by atoms with Crippen molar-refractivity contribution in [2.45, 2.75) is 90.3 Å². The fourth-order valence-electron chi connectivity index (χ4n) is 5.25. The number of hydrogen-bond acceptors (Lipinski definition) is 3. The number of benzene rings is 1. The van der Waals surface area contributed by atoms with E-state index >= 15 is 0 Å². The molecule has 1 heterocycles. The van der Waals surface area contributed by atoms with Crippen LogP contribution in [-0.2, 0) is 11.3 Å². The number of amides is 1. The molecule has 1 saturated heterocycles. The van der Waals surface area contributed by atoms with Gasteiger partial charge < -0.3 is 15.5 Å². The van der Waals surface area contributed by atoms with E-state index in [-0.39, 0.29) is 0 Å². The Labute approximate surface area is 177 Å². The maximum atomic E-state index is 13.4. The van der Waals surface area contributed by atoms with Gasteiger partial charge in [0.2, 0.25) is 5.91 Å². The number of likely N-dealkylation sites (tertiary alicyclic amines) is 1. The van der Waals surface area contributed by atoms with Crippen LogP contribution < -0.4 is 5.73 Å². The van der Waals surface area contributed by atoms with Gasteiger partial charge in [0.1, 0.15) is 0 Å². The molecule has 2 aliphatic rings. The molecule has 1 aliphatic heterocycles. The third-order valence-corrected chi connectivity index (χ3v) is 7.09. The van der Waals surface area contributed by atoms with Crippen LogP contribution in [0.2, 0.25) is 0 Å². The van der Waals surface area contributed by atoms with E-state index in [9.17, 15) is 4.79 Å². The lowest BCUT2D eigenvalue weighted by Crippen LogP contribution is -2.49. The van der Waals surface area contributed by atoms with E-state index in [1.807, 2.05) is 0 Å². The largest absolute Gasteiger partial charge is 0.335 e. The fraction of sp³-hybridized carbons (Fsp3) is 0.720. The molecular formula is C25H41N3O. The summed E-state index contributed by atoms with van der Waals surface area (Å²) in [5.74, 6) is 0.979. The molecular weight excluding hydrogens is 358 g/mol. The van der Waals surface area contributed by atoms with Gasteiger partial charge in [-0.3, -0.25) is 4.79 Å². The quantitative estimate of drug-likeness (QED) is 0.700. The molecule has 1 saturated carbocycles. The minimum Gasteiger partial charge on any atom is -0.335 e. The molecule has 0 radical (unpaired) electrons. The molecule has 0 bridgehead atoms. The zero-order chi connectivity index (χ0) is 20.6. The number of carbonyl (C=O) groups is 1.